The Balaban J connectivity index is 0.965. The lowest BCUT2D eigenvalue weighted by atomic mass is 9.82. The molecule has 0 radical (unpaired) electrons. The minimum Gasteiger partial charge on any atom is -0.494 e. The van der Waals surface area contributed by atoms with Crippen LogP contribution >= 0.6 is 0 Å². The van der Waals surface area contributed by atoms with Gasteiger partial charge in [0, 0.05) is 42.4 Å². The second-order valence-corrected chi connectivity index (χ2v) is 18.1. The van der Waals surface area contributed by atoms with Gasteiger partial charge in [0.1, 0.15) is 41.1 Å². The summed E-state index contributed by atoms with van der Waals surface area (Å²) in [6.45, 7) is 12.3. The average molecular weight is 1040 g/mol. The number of rotatable bonds is 30. The van der Waals surface area contributed by atoms with E-state index in [0.717, 1.165) is 62.7 Å². The maximum atomic E-state index is 13.5. The molecule has 5 aromatic carbocycles. The lowest BCUT2D eigenvalue weighted by Crippen LogP contribution is -2.27. The van der Waals surface area contributed by atoms with Crippen LogP contribution in [-0.4, -0.2) is 86.7 Å². The molecule has 0 N–H and O–H groups in total. The van der Waals surface area contributed by atoms with E-state index in [9.17, 15) is 19.2 Å². The van der Waals surface area contributed by atoms with E-state index in [4.69, 9.17) is 52.6 Å². The predicted molar refractivity (Wildman–Crippen MR) is 288 cm³/mol. The van der Waals surface area contributed by atoms with E-state index in [1.807, 2.05) is 54.6 Å². The third-order valence-corrected chi connectivity index (χ3v) is 12.4. The molecule has 1 heterocycles. The van der Waals surface area contributed by atoms with Crippen LogP contribution in [0.2, 0.25) is 0 Å². The van der Waals surface area contributed by atoms with Crippen LogP contribution in [0.1, 0.15) is 81.5 Å². The highest BCUT2D eigenvalue weighted by Crippen LogP contribution is 2.36. The number of hydrogen-bond acceptors (Lipinski definition) is 15. The first-order valence-electron chi connectivity index (χ1n) is 26.0. The van der Waals surface area contributed by atoms with Crippen molar-refractivity contribution in [2.75, 3.05) is 52.9 Å². The standard InChI is InChI=1S/C61H66N2O13/c1-4-32-68-37-38-71-52-30-31-54-55(41-52)63-59(47-15-12-17-53(40-47)76-61(67)45-22-24-48(25-23-45)69-33-9-7-8-10-34-72-56(64)5-2)58(62-54)46-14-11-16-51(39-46)74-42-43-18-20-44(21-19-43)60(66)75-50-28-26-49(27-29-50)70-35-13-36-73-57(65)6-3/h5-6,11-12,14-17,22-31,39-41,43-44H,2-4,7-10,13,18-21,32-38,42H2,1H3. The molecule has 1 aromatic heterocycles. The zero-order valence-corrected chi connectivity index (χ0v) is 43.1. The molecule has 398 valence electrons. The van der Waals surface area contributed by atoms with Gasteiger partial charge in [-0.05, 0) is 149 Å². The number of fused-ring (bicyclic) bond motifs is 1. The van der Waals surface area contributed by atoms with Crippen molar-refractivity contribution in [2.24, 2.45) is 11.8 Å². The van der Waals surface area contributed by atoms with Crippen molar-refractivity contribution in [3.8, 4) is 57.0 Å². The number of benzene rings is 5. The highest BCUT2D eigenvalue weighted by molar-refractivity contribution is 5.92. The molecule has 0 unspecified atom stereocenters. The number of unbranched alkanes of at least 4 members (excludes halogenated alkanes) is 3. The molecule has 0 amide bonds. The fourth-order valence-electron chi connectivity index (χ4n) is 8.33. The first kappa shape index (κ1) is 55.7. The third kappa shape index (κ3) is 17.5. The largest absolute Gasteiger partial charge is 0.494 e. The molecule has 0 spiro atoms. The summed E-state index contributed by atoms with van der Waals surface area (Å²) in [5.41, 5.74) is 4.29. The summed E-state index contributed by atoms with van der Waals surface area (Å²) >= 11 is 0. The van der Waals surface area contributed by atoms with Crippen molar-refractivity contribution in [3.05, 3.63) is 146 Å². The summed E-state index contributed by atoms with van der Waals surface area (Å²) in [6, 6.07) is 34.3. The van der Waals surface area contributed by atoms with E-state index in [0.29, 0.717) is 134 Å². The quantitative estimate of drug-likeness (QED) is 0.0180. The van der Waals surface area contributed by atoms with Gasteiger partial charge in [0.2, 0.25) is 0 Å². The Morgan fingerprint density at radius 1 is 0.513 bits per heavy atom. The average Bonchev–Trinajstić information content (AvgIpc) is 3.47. The Labute approximate surface area is 444 Å². The number of esters is 4. The Kier molecular flexibility index (Phi) is 21.8. The van der Waals surface area contributed by atoms with Crippen molar-refractivity contribution < 1.29 is 61.8 Å². The predicted octanol–water partition coefficient (Wildman–Crippen LogP) is 11.9. The molecule has 76 heavy (non-hydrogen) atoms. The first-order chi connectivity index (χ1) is 37.2. The fraction of sp³-hybridized carbons (Fsp3) is 0.344. The molecule has 1 fully saturated rings. The number of aromatic nitrogens is 2. The third-order valence-electron chi connectivity index (χ3n) is 12.4. The number of carbonyl (C=O) groups is 4. The Morgan fingerprint density at radius 3 is 1.74 bits per heavy atom. The second kappa shape index (κ2) is 29.7. The van der Waals surface area contributed by atoms with Crippen LogP contribution in [0.3, 0.4) is 0 Å². The monoisotopic (exact) mass is 1030 g/mol. The summed E-state index contributed by atoms with van der Waals surface area (Å²) in [5.74, 6) is 1.74. The van der Waals surface area contributed by atoms with Crippen LogP contribution in [0.15, 0.2) is 141 Å². The highest BCUT2D eigenvalue weighted by Gasteiger charge is 2.28. The summed E-state index contributed by atoms with van der Waals surface area (Å²) in [4.78, 5) is 59.3. The Hall–Kier alpha value is -8.04. The molecule has 6 aromatic rings. The lowest BCUT2D eigenvalue weighted by molar-refractivity contribution is -0.140. The normalized spacial score (nSPS) is 14.0. The molecular weight excluding hydrogens is 969 g/mol. The van der Waals surface area contributed by atoms with E-state index < -0.39 is 17.9 Å². The van der Waals surface area contributed by atoms with Crippen LogP contribution < -0.4 is 28.4 Å². The topological polar surface area (TPSA) is 177 Å². The van der Waals surface area contributed by atoms with Crippen molar-refractivity contribution in [1.29, 1.82) is 0 Å². The Morgan fingerprint density at radius 2 is 1.07 bits per heavy atom. The molecular formula is C61H66N2O13. The van der Waals surface area contributed by atoms with Crippen LogP contribution in [0.25, 0.3) is 33.5 Å². The van der Waals surface area contributed by atoms with E-state index in [1.54, 1.807) is 60.7 Å². The number of nitrogens with zero attached hydrogens (tertiary/aromatic N) is 2. The lowest BCUT2D eigenvalue weighted by Gasteiger charge is -2.27. The zero-order chi connectivity index (χ0) is 53.3. The summed E-state index contributed by atoms with van der Waals surface area (Å²) in [5, 5.41) is 0. The molecule has 1 aliphatic carbocycles. The van der Waals surface area contributed by atoms with E-state index >= 15 is 0 Å². The van der Waals surface area contributed by atoms with Crippen molar-refractivity contribution in [1.82, 2.24) is 9.97 Å². The van der Waals surface area contributed by atoms with Crippen LogP contribution in [0.4, 0.5) is 0 Å². The fourth-order valence-corrected chi connectivity index (χ4v) is 8.33. The molecule has 0 aliphatic heterocycles. The molecule has 15 nitrogen and oxygen atoms in total. The van der Waals surface area contributed by atoms with Gasteiger partial charge in [0.15, 0.2) is 0 Å². The SMILES string of the molecule is C=CC(=O)OCCCCCCOc1ccc(C(=O)Oc2cccc(-c3nc4cc(OCCOCCC)ccc4nc3-c3cccc(OCC4CCC(C(=O)Oc5ccc(OCCCOC(=O)C=C)cc5)CC4)c3)c2)cc1. The maximum Gasteiger partial charge on any atom is 0.343 e. The van der Waals surface area contributed by atoms with Crippen LogP contribution in [0, 0.1) is 11.8 Å². The molecule has 1 aliphatic rings. The van der Waals surface area contributed by atoms with Gasteiger partial charge in [-0.2, -0.15) is 0 Å². The van der Waals surface area contributed by atoms with Crippen molar-refractivity contribution >= 4 is 34.9 Å². The molecule has 0 bridgehead atoms. The van der Waals surface area contributed by atoms with Gasteiger partial charge >= 0.3 is 23.9 Å². The molecule has 7 rings (SSSR count). The van der Waals surface area contributed by atoms with Crippen molar-refractivity contribution in [2.45, 2.75) is 71.1 Å². The Bertz CT molecular complexity index is 2860. The summed E-state index contributed by atoms with van der Waals surface area (Å²) in [7, 11) is 0. The van der Waals surface area contributed by atoms with Crippen LogP contribution in [0.5, 0.6) is 34.5 Å². The van der Waals surface area contributed by atoms with Crippen molar-refractivity contribution in [3.63, 3.8) is 0 Å². The van der Waals surface area contributed by atoms with Gasteiger partial charge in [0.25, 0.3) is 0 Å². The summed E-state index contributed by atoms with van der Waals surface area (Å²) < 4.78 is 51.3. The molecule has 1 saturated carbocycles. The summed E-state index contributed by atoms with van der Waals surface area (Å²) in [6.07, 6.45) is 10.2. The maximum absolute atomic E-state index is 13.5. The van der Waals surface area contributed by atoms with E-state index in [2.05, 4.69) is 20.1 Å². The van der Waals surface area contributed by atoms with E-state index in [-0.39, 0.29) is 24.4 Å². The first-order valence-corrected chi connectivity index (χ1v) is 26.0. The zero-order valence-electron chi connectivity index (χ0n) is 43.1. The van der Waals surface area contributed by atoms with E-state index in [1.165, 1.54) is 0 Å². The number of ether oxygens (including phenoxy) is 9. The molecule has 0 atom stereocenters. The smallest absolute Gasteiger partial charge is 0.343 e. The van der Waals surface area contributed by atoms with Gasteiger partial charge < -0.3 is 42.6 Å². The van der Waals surface area contributed by atoms with Gasteiger partial charge in [-0.25, -0.2) is 24.4 Å². The number of carbonyl (C=O) groups excluding carboxylic acids is 4. The molecule has 0 saturated heterocycles. The van der Waals surface area contributed by atoms with Gasteiger partial charge in [-0.1, -0.05) is 44.3 Å². The minimum atomic E-state index is -0.526. The van der Waals surface area contributed by atoms with Gasteiger partial charge in [-0.15, -0.1) is 0 Å². The minimum absolute atomic E-state index is 0.211. The number of hydrogen-bond donors (Lipinski definition) is 0. The van der Waals surface area contributed by atoms with Gasteiger partial charge in [-0.3, -0.25) is 4.79 Å². The second-order valence-electron chi connectivity index (χ2n) is 18.1. The van der Waals surface area contributed by atoms with Crippen LogP contribution in [-0.2, 0) is 28.6 Å². The van der Waals surface area contributed by atoms with Gasteiger partial charge in [0.05, 0.1) is 73.5 Å². The molecule has 15 heteroatoms. The highest BCUT2D eigenvalue weighted by atomic mass is 16.6.